The summed E-state index contributed by atoms with van der Waals surface area (Å²) >= 11 is 0. The van der Waals surface area contributed by atoms with Crippen LogP contribution in [-0.2, 0) is 6.42 Å². The minimum atomic E-state index is -1.00. The van der Waals surface area contributed by atoms with Gasteiger partial charge in [0.05, 0.1) is 6.10 Å². The monoisotopic (exact) mass is 196 g/mol. The number of fused-ring (bicyclic) bond motifs is 1. The van der Waals surface area contributed by atoms with Crippen molar-refractivity contribution in [3.8, 4) is 0 Å². The Morgan fingerprint density at radius 1 is 1.64 bits per heavy atom. The van der Waals surface area contributed by atoms with E-state index in [9.17, 15) is 9.90 Å². The summed E-state index contributed by atoms with van der Waals surface area (Å²) in [7, 11) is 0. The number of nitrogens with two attached hydrogens (primary N) is 1. The molecule has 2 unspecified atom stereocenters. The van der Waals surface area contributed by atoms with E-state index in [4.69, 9.17) is 10.8 Å². The van der Waals surface area contributed by atoms with Gasteiger partial charge >= 0.3 is 5.97 Å². The maximum absolute atomic E-state index is 10.8. The Kier molecular flexibility index (Phi) is 1.87. The Hall–Kier alpha value is -1.33. The maximum atomic E-state index is 10.8. The third-order valence-electron chi connectivity index (χ3n) is 2.74. The number of carboxylic acids is 1. The normalized spacial score (nSPS) is 25.1. The molecule has 1 aromatic rings. The molecule has 0 fully saturated rings. The molecule has 1 heterocycles. The van der Waals surface area contributed by atoms with Crippen LogP contribution in [0.15, 0.2) is 0 Å². The summed E-state index contributed by atoms with van der Waals surface area (Å²) in [6, 6.07) is -0.321. The molecule has 0 aromatic carbocycles. The Morgan fingerprint density at radius 2 is 2.29 bits per heavy atom. The molecule has 2 atom stereocenters. The summed E-state index contributed by atoms with van der Waals surface area (Å²) in [6.45, 7) is 1.68. The van der Waals surface area contributed by atoms with Crippen molar-refractivity contribution in [3.05, 3.63) is 22.5 Å². The molecule has 2 rings (SSSR count). The van der Waals surface area contributed by atoms with Gasteiger partial charge in [0.2, 0.25) is 0 Å². The van der Waals surface area contributed by atoms with Crippen LogP contribution >= 0.6 is 0 Å². The summed E-state index contributed by atoms with van der Waals surface area (Å²) in [5.74, 6) is -1.00. The molecule has 14 heavy (non-hydrogen) atoms. The molecule has 5 nitrogen and oxygen atoms in total. The number of hydrogen-bond donors (Lipinski definition) is 4. The highest BCUT2D eigenvalue weighted by Crippen LogP contribution is 2.34. The van der Waals surface area contributed by atoms with E-state index in [1.165, 1.54) is 0 Å². The third-order valence-corrected chi connectivity index (χ3v) is 2.74. The van der Waals surface area contributed by atoms with Crippen molar-refractivity contribution in [1.82, 2.24) is 4.98 Å². The van der Waals surface area contributed by atoms with Crippen molar-refractivity contribution < 1.29 is 15.0 Å². The molecule has 1 aliphatic rings. The fourth-order valence-electron chi connectivity index (χ4n) is 2.01. The van der Waals surface area contributed by atoms with Gasteiger partial charge in [0.15, 0.2) is 0 Å². The average molecular weight is 196 g/mol. The second kappa shape index (κ2) is 2.83. The van der Waals surface area contributed by atoms with Crippen molar-refractivity contribution in [2.75, 3.05) is 0 Å². The van der Waals surface area contributed by atoms with Crippen molar-refractivity contribution in [2.45, 2.75) is 25.5 Å². The molecular formula is C9H12N2O3. The first-order valence-corrected chi connectivity index (χ1v) is 4.40. The molecule has 0 saturated heterocycles. The fraction of sp³-hybridized carbons (Fsp3) is 0.444. The van der Waals surface area contributed by atoms with Crippen LogP contribution in [0.4, 0.5) is 0 Å². The van der Waals surface area contributed by atoms with Gasteiger partial charge in [0.1, 0.15) is 5.69 Å². The van der Waals surface area contributed by atoms with E-state index in [0.717, 1.165) is 5.69 Å². The van der Waals surface area contributed by atoms with Gasteiger partial charge in [-0.2, -0.15) is 0 Å². The van der Waals surface area contributed by atoms with Crippen LogP contribution < -0.4 is 5.73 Å². The molecule has 1 aliphatic carbocycles. The maximum Gasteiger partial charge on any atom is 0.352 e. The van der Waals surface area contributed by atoms with Crippen molar-refractivity contribution in [2.24, 2.45) is 5.73 Å². The van der Waals surface area contributed by atoms with E-state index in [1.807, 2.05) is 0 Å². The van der Waals surface area contributed by atoms with Gasteiger partial charge in [0, 0.05) is 23.7 Å². The fourth-order valence-corrected chi connectivity index (χ4v) is 2.01. The Balaban J connectivity index is 2.53. The summed E-state index contributed by atoms with van der Waals surface area (Å²) in [5.41, 5.74) is 7.81. The molecule has 0 bridgehead atoms. The highest BCUT2D eigenvalue weighted by Gasteiger charge is 2.33. The summed E-state index contributed by atoms with van der Waals surface area (Å²) in [6.07, 6.45) is -0.237. The van der Waals surface area contributed by atoms with Gasteiger partial charge in [-0.25, -0.2) is 4.79 Å². The number of carbonyl (C=O) groups is 1. The molecule has 1 aromatic heterocycles. The van der Waals surface area contributed by atoms with Crippen LogP contribution in [0.25, 0.3) is 0 Å². The minimum Gasteiger partial charge on any atom is -0.477 e. The van der Waals surface area contributed by atoms with E-state index in [-0.39, 0.29) is 11.7 Å². The van der Waals surface area contributed by atoms with Gasteiger partial charge in [-0.05, 0) is 12.5 Å². The SMILES string of the molecule is Cc1c(C(=O)O)[nH]c2c1C(O)C(N)C2. The first-order valence-electron chi connectivity index (χ1n) is 4.40. The van der Waals surface area contributed by atoms with Crippen LogP contribution in [0.1, 0.15) is 33.4 Å². The van der Waals surface area contributed by atoms with E-state index >= 15 is 0 Å². The highest BCUT2D eigenvalue weighted by atomic mass is 16.4. The Morgan fingerprint density at radius 3 is 2.79 bits per heavy atom. The number of rotatable bonds is 1. The number of carboxylic acid groups (broad SMARTS) is 1. The molecule has 76 valence electrons. The van der Waals surface area contributed by atoms with Gasteiger partial charge in [-0.15, -0.1) is 0 Å². The smallest absolute Gasteiger partial charge is 0.352 e. The number of aliphatic hydroxyl groups is 1. The molecule has 0 aliphatic heterocycles. The quantitative estimate of drug-likeness (QED) is 0.505. The number of aliphatic hydroxyl groups excluding tert-OH is 1. The standard InChI is InChI=1S/C9H12N2O3/c1-3-6-5(2-4(10)8(6)12)11-7(3)9(13)14/h4,8,11-12H,2,10H2,1H3,(H,13,14). The number of aromatic nitrogens is 1. The zero-order valence-electron chi connectivity index (χ0n) is 7.74. The lowest BCUT2D eigenvalue weighted by Crippen LogP contribution is -2.25. The predicted molar refractivity (Wildman–Crippen MR) is 49.1 cm³/mol. The highest BCUT2D eigenvalue weighted by molar-refractivity contribution is 5.88. The lowest BCUT2D eigenvalue weighted by atomic mass is 10.1. The second-order valence-corrected chi connectivity index (χ2v) is 3.64. The zero-order valence-corrected chi connectivity index (χ0v) is 7.74. The molecule has 0 amide bonds. The first kappa shape index (κ1) is 9.23. The number of H-pyrrole nitrogens is 1. The van der Waals surface area contributed by atoms with E-state index in [0.29, 0.717) is 17.5 Å². The van der Waals surface area contributed by atoms with Crippen LogP contribution in [0, 0.1) is 6.92 Å². The zero-order chi connectivity index (χ0) is 10.5. The van der Waals surface area contributed by atoms with E-state index in [1.54, 1.807) is 6.92 Å². The van der Waals surface area contributed by atoms with Gasteiger partial charge in [-0.1, -0.05) is 0 Å². The van der Waals surface area contributed by atoms with Gasteiger partial charge in [0.25, 0.3) is 0 Å². The largest absolute Gasteiger partial charge is 0.477 e. The van der Waals surface area contributed by atoms with Crippen LogP contribution in [-0.4, -0.2) is 27.2 Å². The van der Waals surface area contributed by atoms with E-state index in [2.05, 4.69) is 4.98 Å². The second-order valence-electron chi connectivity index (χ2n) is 3.64. The van der Waals surface area contributed by atoms with Crippen molar-refractivity contribution in [1.29, 1.82) is 0 Å². The Labute approximate surface area is 80.5 Å². The number of aromatic carboxylic acids is 1. The first-order chi connectivity index (χ1) is 6.52. The summed E-state index contributed by atoms with van der Waals surface area (Å²) in [5, 5.41) is 18.5. The lowest BCUT2D eigenvalue weighted by Gasteiger charge is -2.09. The third kappa shape index (κ3) is 1.06. The molecule has 5 heteroatoms. The summed E-state index contributed by atoms with van der Waals surface area (Å²) < 4.78 is 0. The average Bonchev–Trinajstić information content (AvgIpc) is 2.54. The molecule has 0 radical (unpaired) electrons. The molecule has 0 spiro atoms. The van der Waals surface area contributed by atoms with Crippen molar-refractivity contribution in [3.63, 3.8) is 0 Å². The van der Waals surface area contributed by atoms with Gasteiger partial charge in [-0.3, -0.25) is 0 Å². The number of aromatic amines is 1. The number of nitrogens with one attached hydrogen (secondary N) is 1. The van der Waals surface area contributed by atoms with Gasteiger partial charge < -0.3 is 20.9 Å². The van der Waals surface area contributed by atoms with Crippen LogP contribution in [0.5, 0.6) is 0 Å². The van der Waals surface area contributed by atoms with Crippen molar-refractivity contribution >= 4 is 5.97 Å². The topological polar surface area (TPSA) is 99.3 Å². The Bertz CT molecular complexity index is 397. The minimum absolute atomic E-state index is 0.154. The predicted octanol–water partition coefficient (Wildman–Crippen LogP) is -0.0619. The molecule has 0 saturated carbocycles. The van der Waals surface area contributed by atoms with Crippen LogP contribution in [0.2, 0.25) is 0 Å². The molecule has 5 N–H and O–H groups in total. The molecular weight excluding hydrogens is 184 g/mol. The number of hydrogen-bond acceptors (Lipinski definition) is 3. The van der Waals surface area contributed by atoms with Crippen LogP contribution in [0.3, 0.4) is 0 Å². The van der Waals surface area contributed by atoms with E-state index < -0.39 is 12.1 Å². The lowest BCUT2D eigenvalue weighted by molar-refractivity contribution is 0.0690. The summed E-state index contributed by atoms with van der Waals surface area (Å²) in [4.78, 5) is 13.6.